The summed E-state index contributed by atoms with van der Waals surface area (Å²) >= 11 is 3.49. The van der Waals surface area contributed by atoms with Crippen LogP contribution in [0.25, 0.3) is 0 Å². The minimum absolute atomic E-state index is 0.797. The molecule has 1 heterocycles. The first-order valence-corrected chi connectivity index (χ1v) is 7.16. The molecule has 0 atom stereocenters. The third-order valence-electron chi connectivity index (χ3n) is 3.13. The number of ether oxygens (including phenoxy) is 1. The standard InChI is InChI=1S/C15H19BrN2O/c1-4-18-6-5-12(10-18)9-17-15-11(2)7-13(16)8-14(15)19-3/h5-8,10,17H,4,9H2,1-3H3. The average molecular weight is 323 g/mol. The second kappa shape index (κ2) is 6.15. The number of hydrogen-bond acceptors (Lipinski definition) is 2. The van der Waals surface area contributed by atoms with Crippen molar-refractivity contribution in [1.29, 1.82) is 0 Å². The average Bonchev–Trinajstić information content (AvgIpc) is 2.84. The van der Waals surface area contributed by atoms with Crippen molar-refractivity contribution >= 4 is 21.6 Å². The molecule has 1 N–H and O–H groups in total. The van der Waals surface area contributed by atoms with Crippen LogP contribution in [0, 0.1) is 6.92 Å². The van der Waals surface area contributed by atoms with Crippen molar-refractivity contribution in [2.24, 2.45) is 0 Å². The van der Waals surface area contributed by atoms with Gasteiger partial charge in [0.05, 0.1) is 12.8 Å². The molecule has 0 unspecified atom stereocenters. The molecule has 1 aromatic heterocycles. The van der Waals surface area contributed by atoms with Crippen LogP contribution in [0.15, 0.2) is 35.1 Å². The summed E-state index contributed by atoms with van der Waals surface area (Å²) in [5.74, 6) is 0.863. The van der Waals surface area contributed by atoms with Crippen LogP contribution in [0.5, 0.6) is 5.75 Å². The molecule has 0 amide bonds. The van der Waals surface area contributed by atoms with E-state index in [0.717, 1.165) is 29.0 Å². The highest BCUT2D eigenvalue weighted by Gasteiger charge is 2.08. The van der Waals surface area contributed by atoms with Crippen molar-refractivity contribution in [3.8, 4) is 5.75 Å². The second-order valence-electron chi connectivity index (χ2n) is 4.50. The Kier molecular flexibility index (Phi) is 4.53. The SMILES string of the molecule is CCn1ccc(CNc2c(C)cc(Br)cc2OC)c1. The summed E-state index contributed by atoms with van der Waals surface area (Å²) in [6.07, 6.45) is 4.26. The van der Waals surface area contributed by atoms with Gasteiger partial charge in [0.1, 0.15) is 5.75 Å². The Morgan fingerprint density at radius 3 is 2.79 bits per heavy atom. The number of halogens is 1. The van der Waals surface area contributed by atoms with Gasteiger partial charge in [-0.05, 0) is 43.2 Å². The second-order valence-corrected chi connectivity index (χ2v) is 5.42. The molecule has 0 fully saturated rings. The van der Waals surface area contributed by atoms with E-state index < -0.39 is 0 Å². The fourth-order valence-corrected chi connectivity index (χ4v) is 2.63. The molecule has 0 saturated heterocycles. The zero-order chi connectivity index (χ0) is 13.8. The number of anilines is 1. The minimum atomic E-state index is 0.797. The van der Waals surface area contributed by atoms with Gasteiger partial charge in [-0.3, -0.25) is 0 Å². The number of aryl methyl sites for hydroxylation is 2. The number of benzene rings is 1. The molecule has 1 aromatic carbocycles. The quantitative estimate of drug-likeness (QED) is 0.892. The highest BCUT2D eigenvalue weighted by atomic mass is 79.9. The Morgan fingerprint density at radius 2 is 2.16 bits per heavy atom. The van der Waals surface area contributed by atoms with Gasteiger partial charge in [0.25, 0.3) is 0 Å². The number of hydrogen-bond donors (Lipinski definition) is 1. The first-order chi connectivity index (χ1) is 9.13. The maximum Gasteiger partial charge on any atom is 0.143 e. The van der Waals surface area contributed by atoms with Gasteiger partial charge in [0.2, 0.25) is 0 Å². The van der Waals surface area contributed by atoms with E-state index in [2.05, 4.69) is 64.2 Å². The van der Waals surface area contributed by atoms with Gasteiger partial charge >= 0.3 is 0 Å². The lowest BCUT2D eigenvalue weighted by atomic mass is 10.1. The Balaban J connectivity index is 2.14. The zero-order valence-corrected chi connectivity index (χ0v) is 13.1. The number of nitrogens with one attached hydrogen (secondary N) is 1. The van der Waals surface area contributed by atoms with Gasteiger partial charge in [-0.25, -0.2) is 0 Å². The van der Waals surface area contributed by atoms with Gasteiger partial charge in [-0.15, -0.1) is 0 Å². The molecule has 0 spiro atoms. The predicted octanol–water partition coefficient (Wildman–Crippen LogP) is 4.20. The van der Waals surface area contributed by atoms with Gasteiger partial charge in [0, 0.05) is 30.0 Å². The van der Waals surface area contributed by atoms with Gasteiger partial charge in [0.15, 0.2) is 0 Å². The number of aromatic nitrogens is 1. The molecule has 0 aliphatic carbocycles. The summed E-state index contributed by atoms with van der Waals surface area (Å²) in [5.41, 5.74) is 3.49. The molecular weight excluding hydrogens is 304 g/mol. The van der Waals surface area contributed by atoms with E-state index in [1.807, 2.05) is 6.07 Å². The smallest absolute Gasteiger partial charge is 0.143 e. The summed E-state index contributed by atoms with van der Waals surface area (Å²) in [7, 11) is 1.69. The molecule has 3 nitrogen and oxygen atoms in total. The van der Waals surface area contributed by atoms with E-state index >= 15 is 0 Å². The molecule has 2 aromatic rings. The first kappa shape index (κ1) is 14.0. The van der Waals surface area contributed by atoms with Crippen molar-refractivity contribution in [3.05, 3.63) is 46.2 Å². The molecular formula is C15H19BrN2O. The highest BCUT2D eigenvalue weighted by Crippen LogP contribution is 2.32. The van der Waals surface area contributed by atoms with E-state index in [1.54, 1.807) is 7.11 Å². The van der Waals surface area contributed by atoms with Gasteiger partial charge < -0.3 is 14.6 Å². The Morgan fingerprint density at radius 1 is 1.37 bits per heavy atom. The fraction of sp³-hybridized carbons (Fsp3) is 0.333. The monoisotopic (exact) mass is 322 g/mol. The van der Waals surface area contributed by atoms with E-state index in [4.69, 9.17) is 4.74 Å². The molecule has 2 rings (SSSR count). The maximum atomic E-state index is 5.42. The molecule has 0 saturated carbocycles. The first-order valence-electron chi connectivity index (χ1n) is 6.36. The Hall–Kier alpha value is -1.42. The van der Waals surface area contributed by atoms with Gasteiger partial charge in [-0.1, -0.05) is 15.9 Å². The molecule has 0 aliphatic rings. The Labute approximate surface area is 122 Å². The zero-order valence-electron chi connectivity index (χ0n) is 11.5. The minimum Gasteiger partial charge on any atom is -0.495 e. The van der Waals surface area contributed by atoms with Crippen LogP contribution in [0.4, 0.5) is 5.69 Å². The van der Waals surface area contributed by atoms with E-state index in [-0.39, 0.29) is 0 Å². The molecule has 19 heavy (non-hydrogen) atoms. The fourth-order valence-electron chi connectivity index (χ4n) is 2.08. The van der Waals surface area contributed by atoms with Crippen LogP contribution in [-0.2, 0) is 13.1 Å². The third kappa shape index (κ3) is 3.32. The van der Waals surface area contributed by atoms with E-state index in [1.165, 1.54) is 11.1 Å². The molecule has 4 heteroatoms. The summed E-state index contributed by atoms with van der Waals surface area (Å²) in [5, 5.41) is 3.45. The largest absolute Gasteiger partial charge is 0.495 e. The summed E-state index contributed by atoms with van der Waals surface area (Å²) < 4.78 is 8.63. The predicted molar refractivity (Wildman–Crippen MR) is 82.9 cm³/mol. The normalized spacial score (nSPS) is 10.5. The Bertz CT molecular complexity index is 563. The highest BCUT2D eigenvalue weighted by molar-refractivity contribution is 9.10. The summed E-state index contributed by atoms with van der Waals surface area (Å²) in [4.78, 5) is 0. The topological polar surface area (TPSA) is 26.2 Å². The van der Waals surface area contributed by atoms with Gasteiger partial charge in [-0.2, -0.15) is 0 Å². The molecule has 102 valence electrons. The van der Waals surface area contributed by atoms with Crippen LogP contribution in [0.3, 0.4) is 0 Å². The number of methoxy groups -OCH3 is 1. The van der Waals surface area contributed by atoms with E-state index in [0.29, 0.717) is 0 Å². The van der Waals surface area contributed by atoms with E-state index in [9.17, 15) is 0 Å². The third-order valence-corrected chi connectivity index (χ3v) is 3.59. The van der Waals surface area contributed by atoms with Crippen molar-refractivity contribution in [3.63, 3.8) is 0 Å². The summed E-state index contributed by atoms with van der Waals surface area (Å²) in [6.45, 7) is 6.01. The molecule has 0 bridgehead atoms. The van der Waals surface area contributed by atoms with Crippen molar-refractivity contribution in [1.82, 2.24) is 4.57 Å². The lowest BCUT2D eigenvalue weighted by Crippen LogP contribution is -2.03. The van der Waals surface area contributed by atoms with Crippen molar-refractivity contribution in [2.45, 2.75) is 26.9 Å². The number of nitrogens with zero attached hydrogens (tertiary/aromatic N) is 1. The van der Waals surface area contributed by atoms with Crippen LogP contribution in [0.1, 0.15) is 18.1 Å². The van der Waals surface area contributed by atoms with Crippen LogP contribution < -0.4 is 10.1 Å². The number of rotatable bonds is 5. The molecule has 0 radical (unpaired) electrons. The summed E-state index contributed by atoms with van der Waals surface area (Å²) in [6, 6.07) is 6.20. The van der Waals surface area contributed by atoms with Crippen LogP contribution >= 0.6 is 15.9 Å². The maximum absolute atomic E-state index is 5.42. The van der Waals surface area contributed by atoms with Crippen LogP contribution in [0.2, 0.25) is 0 Å². The lowest BCUT2D eigenvalue weighted by molar-refractivity contribution is 0.416. The molecule has 0 aliphatic heterocycles. The lowest BCUT2D eigenvalue weighted by Gasteiger charge is -2.14. The van der Waals surface area contributed by atoms with Crippen molar-refractivity contribution in [2.75, 3.05) is 12.4 Å². The van der Waals surface area contributed by atoms with Crippen molar-refractivity contribution < 1.29 is 4.74 Å². The van der Waals surface area contributed by atoms with Crippen LogP contribution in [-0.4, -0.2) is 11.7 Å².